The van der Waals surface area contributed by atoms with E-state index in [4.69, 9.17) is 14.2 Å². The third-order valence-electron chi connectivity index (χ3n) is 5.78. The van der Waals surface area contributed by atoms with Gasteiger partial charge in [-0.1, -0.05) is 0 Å². The Kier molecular flexibility index (Phi) is 6.86. The van der Waals surface area contributed by atoms with Crippen molar-refractivity contribution in [2.24, 2.45) is 11.3 Å². The Balaban J connectivity index is 2.10. The maximum absolute atomic E-state index is 13.4. The zero-order valence-electron chi connectivity index (χ0n) is 18.5. The molecule has 0 aliphatic heterocycles. The summed E-state index contributed by atoms with van der Waals surface area (Å²) in [6, 6.07) is 13.8. The van der Waals surface area contributed by atoms with E-state index in [1.165, 1.54) is 20.3 Å². The Morgan fingerprint density at radius 2 is 1.56 bits per heavy atom. The Hall–Kier alpha value is -2.96. The first-order valence-corrected chi connectivity index (χ1v) is 13.5. The van der Waals surface area contributed by atoms with Gasteiger partial charge in [0.05, 0.1) is 0 Å². The molecule has 0 N–H and O–H groups in total. The molecule has 0 bridgehead atoms. The summed E-state index contributed by atoms with van der Waals surface area (Å²) in [6.07, 6.45) is 1.45. The molecule has 0 amide bonds. The van der Waals surface area contributed by atoms with Crippen LogP contribution in [0.15, 0.2) is 54.6 Å². The average molecular weight is 505 g/mol. The molecule has 7 nitrogen and oxygen atoms in total. The van der Waals surface area contributed by atoms with Crippen LogP contribution in [0.25, 0.3) is 5.57 Å². The first-order chi connectivity index (χ1) is 15.2. The zero-order valence-corrected chi connectivity index (χ0v) is 20.2. The van der Waals surface area contributed by atoms with E-state index >= 15 is 0 Å². The zero-order chi connectivity index (χ0) is 23.5. The second-order valence-electron chi connectivity index (χ2n) is 7.73. The third kappa shape index (κ3) is 4.33. The number of carbonyl (C=O) groups is 2. The number of aryl methyl sites for hydroxylation is 1. The first kappa shape index (κ1) is 23.7. The molecule has 170 valence electrons. The van der Waals surface area contributed by atoms with Crippen LogP contribution in [0.3, 0.4) is 0 Å². The molecule has 0 radical (unpaired) electrons. The Morgan fingerprint density at radius 3 is 2.09 bits per heavy atom. The first-order valence-electron chi connectivity index (χ1n) is 10.0. The summed E-state index contributed by atoms with van der Waals surface area (Å²) in [5.41, 5.74) is 0.244. The molecule has 2 aromatic rings. The fraction of sp³-hybridized carbons (Fsp3) is 0.333. The second-order valence-corrected chi connectivity index (χ2v) is 11.9. The van der Waals surface area contributed by atoms with E-state index in [2.05, 4.69) is 0 Å². The van der Waals surface area contributed by atoms with Crippen LogP contribution in [0.5, 0.6) is 5.75 Å². The standard InChI is InChI=1S/C24H26O7Se/c1-16-7-5-6-8-21(16)32(27,28)15-18-13-24(22(25)30-3,23(26)31-4)14-20(18)17-9-11-19(29-2)12-10-17/h5-12,14,18H,13,15H2,1-4H3. The third-order valence-corrected chi connectivity index (χ3v) is 9.91. The summed E-state index contributed by atoms with van der Waals surface area (Å²) in [5.74, 6) is -1.52. The van der Waals surface area contributed by atoms with E-state index in [1.807, 2.05) is 0 Å². The van der Waals surface area contributed by atoms with Crippen LogP contribution < -0.4 is 9.20 Å². The van der Waals surface area contributed by atoms with Crippen molar-refractivity contribution in [3.8, 4) is 5.75 Å². The molecule has 32 heavy (non-hydrogen) atoms. The van der Waals surface area contributed by atoms with Gasteiger partial charge in [-0.25, -0.2) is 0 Å². The summed E-state index contributed by atoms with van der Waals surface area (Å²) in [5, 5.41) is -0.199. The van der Waals surface area contributed by atoms with Gasteiger partial charge in [0, 0.05) is 0 Å². The van der Waals surface area contributed by atoms with Crippen molar-refractivity contribution in [2.75, 3.05) is 21.3 Å². The van der Waals surface area contributed by atoms with Gasteiger partial charge in [-0.05, 0) is 0 Å². The summed E-state index contributed by atoms with van der Waals surface area (Å²) in [7, 11) is 3.93. The number of carbonyl (C=O) groups excluding carboxylic acids is 2. The van der Waals surface area contributed by atoms with Crippen LogP contribution >= 0.6 is 0 Å². The number of hydrogen-bond donors (Lipinski definition) is 0. The Bertz CT molecular complexity index is 1130. The fourth-order valence-electron chi connectivity index (χ4n) is 4.18. The van der Waals surface area contributed by atoms with Crippen molar-refractivity contribution in [1.29, 1.82) is 0 Å². The Morgan fingerprint density at radius 1 is 0.969 bits per heavy atom. The van der Waals surface area contributed by atoms with Crippen LogP contribution in [0.1, 0.15) is 17.5 Å². The van der Waals surface area contributed by atoms with Crippen LogP contribution in [-0.4, -0.2) is 46.0 Å². The summed E-state index contributed by atoms with van der Waals surface area (Å²) in [6.45, 7) is 1.75. The maximum atomic E-state index is 13.4. The van der Waals surface area contributed by atoms with Crippen molar-refractivity contribution < 1.29 is 31.5 Å². The molecule has 1 aliphatic rings. The molecule has 0 fully saturated rings. The number of hydrogen-bond acceptors (Lipinski definition) is 7. The summed E-state index contributed by atoms with van der Waals surface area (Å²) in [4.78, 5) is 25.4. The SMILES string of the molecule is COC(=O)C1(C(=O)OC)C=C(c2ccc(OC)cc2)C(C[Se](=O)(=O)c2ccccc2C)C1. The van der Waals surface area contributed by atoms with Crippen LogP contribution in [0.2, 0.25) is 5.32 Å². The predicted molar refractivity (Wildman–Crippen MR) is 118 cm³/mol. The van der Waals surface area contributed by atoms with Gasteiger partial charge in [-0.2, -0.15) is 0 Å². The number of esters is 2. The molecular formula is C24H26O7Se. The molecule has 1 unspecified atom stereocenters. The molecule has 1 aliphatic carbocycles. The summed E-state index contributed by atoms with van der Waals surface area (Å²) < 4.78 is 42.1. The van der Waals surface area contributed by atoms with Gasteiger partial charge in [0.1, 0.15) is 0 Å². The van der Waals surface area contributed by atoms with Gasteiger partial charge in [0.2, 0.25) is 0 Å². The van der Waals surface area contributed by atoms with Crippen LogP contribution in [0, 0.1) is 18.3 Å². The van der Waals surface area contributed by atoms with Gasteiger partial charge in [-0.3, -0.25) is 0 Å². The molecule has 0 saturated heterocycles. The molecule has 3 rings (SSSR count). The number of allylic oxidation sites excluding steroid dienone is 1. The van der Waals surface area contributed by atoms with E-state index in [0.717, 1.165) is 0 Å². The van der Waals surface area contributed by atoms with E-state index < -0.39 is 36.0 Å². The van der Waals surface area contributed by atoms with Crippen molar-refractivity contribution >= 4 is 34.7 Å². The van der Waals surface area contributed by atoms with E-state index in [9.17, 15) is 17.3 Å². The van der Waals surface area contributed by atoms with Crippen molar-refractivity contribution in [3.05, 3.63) is 65.7 Å². The monoisotopic (exact) mass is 506 g/mol. The van der Waals surface area contributed by atoms with Crippen molar-refractivity contribution in [1.82, 2.24) is 0 Å². The van der Waals surface area contributed by atoms with Gasteiger partial charge in [-0.15, -0.1) is 0 Å². The number of benzene rings is 2. The number of rotatable bonds is 7. The molecule has 0 aromatic heterocycles. The minimum absolute atomic E-state index is 0.0524. The predicted octanol–water partition coefficient (Wildman–Crippen LogP) is 2.95. The number of ether oxygens (including phenoxy) is 3. The average Bonchev–Trinajstić information content (AvgIpc) is 3.17. The van der Waals surface area contributed by atoms with Gasteiger partial charge in [0.15, 0.2) is 0 Å². The van der Waals surface area contributed by atoms with Gasteiger partial charge in [0.25, 0.3) is 0 Å². The normalized spacial score (nSPS) is 17.4. The molecule has 0 spiro atoms. The number of methoxy groups -OCH3 is 3. The van der Waals surface area contributed by atoms with Gasteiger partial charge < -0.3 is 0 Å². The van der Waals surface area contributed by atoms with Crippen LogP contribution in [-0.2, 0) is 26.7 Å². The molecule has 8 heteroatoms. The van der Waals surface area contributed by atoms with E-state index in [0.29, 0.717) is 26.9 Å². The minimum atomic E-state index is -4.62. The van der Waals surface area contributed by atoms with E-state index in [1.54, 1.807) is 62.6 Å². The fourth-order valence-corrected chi connectivity index (χ4v) is 8.07. The van der Waals surface area contributed by atoms with Gasteiger partial charge >= 0.3 is 189 Å². The molecule has 1 atom stereocenters. The van der Waals surface area contributed by atoms with Crippen LogP contribution in [0.4, 0.5) is 0 Å². The molecule has 0 heterocycles. The summed E-state index contributed by atoms with van der Waals surface area (Å²) >= 11 is -4.62. The second kappa shape index (κ2) is 9.26. The van der Waals surface area contributed by atoms with Crippen molar-refractivity contribution in [2.45, 2.75) is 18.7 Å². The molecular weight excluding hydrogens is 479 g/mol. The molecule has 2 aromatic carbocycles. The van der Waals surface area contributed by atoms with E-state index in [-0.39, 0.29) is 11.7 Å². The van der Waals surface area contributed by atoms with Crippen molar-refractivity contribution in [3.63, 3.8) is 0 Å². The Labute approximate surface area is 189 Å². The molecule has 0 saturated carbocycles. The quantitative estimate of drug-likeness (QED) is 0.324. The topological polar surface area (TPSA) is 96.0 Å².